The number of aliphatic hydroxyl groups is 2. The molecule has 20 heavy (non-hydrogen) atoms. The Kier molecular flexibility index (Phi) is 5.24. The summed E-state index contributed by atoms with van der Waals surface area (Å²) in [5.74, 6) is 1.42. The first-order valence-corrected chi connectivity index (χ1v) is 6.61. The molecule has 0 aliphatic heterocycles. The van der Waals surface area contributed by atoms with Crippen molar-refractivity contribution in [3.8, 4) is 11.5 Å². The molecule has 1 unspecified atom stereocenters. The third-order valence-electron chi connectivity index (χ3n) is 2.66. The SMILES string of the molecule is OCC(O)CNc1ccc(Oc2ccc(Cl)cc2)cc1. The highest BCUT2D eigenvalue weighted by atomic mass is 35.5. The van der Waals surface area contributed by atoms with Crippen molar-refractivity contribution in [2.45, 2.75) is 6.10 Å². The van der Waals surface area contributed by atoms with Crippen LogP contribution in [0.1, 0.15) is 0 Å². The standard InChI is InChI=1S/C15H16ClNO3/c16-11-1-5-14(6-2-11)20-15-7-3-12(4-8-15)17-9-13(19)10-18/h1-8,13,17-19H,9-10H2. The average Bonchev–Trinajstić information content (AvgIpc) is 2.48. The van der Waals surface area contributed by atoms with E-state index >= 15 is 0 Å². The second-order valence-corrected chi connectivity index (χ2v) is 4.73. The fourth-order valence-corrected chi connectivity index (χ4v) is 1.71. The van der Waals surface area contributed by atoms with Crippen molar-refractivity contribution < 1.29 is 14.9 Å². The zero-order valence-electron chi connectivity index (χ0n) is 10.8. The van der Waals surface area contributed by atoms with Crippen LogP contribution in [0.2, 0.25) is 5.02 Å². The highest BCUT2D eigenvalue weighted by molar-refractivity contribution is 6.30. The van der Waals surface area contributed by atoms with Gasteiger partial charge in [-0.25, -0.2) is 0 Å². The molecule has 0 fully saturated rings. The topological polar surface area (TPSA) is 61.7 Å². The maximum absolute atomic E-state index is 9.24. The van der Waals surface area contributed by atoms with E-state index in [1.165, 1.54) is 0 Å². The quantitative estimate of drug-likeness (QED) is 0.766. The van der Waals surface area contributed by atoms with E-state index in [0.717, 1.165) is 5.69 Å². The first kappa shape index (κ1) is 14.7. The van der Waals surface area contributed by atoms with Gasteiger partial charge in [-0.1, -0.05) is 11.6 Å². The van der Waals surface area contributed by atoms with Crippen molar-refractivity contribution in [1.82, 2.24) is 0 Å². The average molecular weight is 294 g/mol. The summed E-state index contributed by atoms with van der Waals surface area (Å²) in [6.45, 7) is 0.0403. The third-order valence-corrected chi connectivity index (χ3v) is 2.91. The Balaban J connectivity index is 1.92. The minimum Gasteiger partial charge on any atom is -0.457 e. The maximum Gasteiger partial charge on any atom is 0.127 e. The number of hydrogen-bond donors (Lipinski definition) is 3. The van der Waals surface area contributed by atoms with Gasteiger partial charge in [0.2, 0.25) is 0 Å². The maximum atomic E-state index is 9.24. The van der Waals surface area contributed by atoms with Crippen LogP contribution < -0.4 is 10.1 Å². The monoisotopic (exact) mass is 293 g/mol. The highest BCUT2D eigenvalue weighted by Crippen LogP contribution is 2.24. The first-order valence-electron chi connectivity index (χ1n) is 6.23. The van der Waals surface area contributed by atoms with Crippen molar-refractivity contribution in [2.24, 2.45) is 0 Å². The summed E-state index contributed by atoms with van der Waals surface area (Å²) in [5.41, 5.74) is 0.848. The van der Waals surface area contributed by atoms with Crippen LogP contribution in [0.3, 0.4) is 0 Å². The molecule has 106 valence electrons. The molecule has 5 heteroatoms. The fraction of sp³-hybridized carbons (Fsp3) is 0.200. The Labute approximate surface area is 122 Å². The van der Waals surface area contributed by atoms with E-state index in [2.05, 4.69) is 5.32 Å². The molecule has 0 saturated carbocycles. The van der Waals surface area contributed by atoms with Gasteiger partial charge in [0.15, 0.2) is 0 Å². The predicted octanol–water partition coefficient (Wildman–Crippen LogP) is 2.90. The number of rotatable bonds is 6. The van der Waals surface area contributed by atoms with Gasteiger partial charge in [-0.3, -0.25) is 0 Å². The molecule has 0 amide bonds. The van der Waals surface area contributed by atoms with Gasteiger partial charge in [0.05, 0.1) is 12.7 Å². The van der Waals surface area contributed by atoms with E-state index in [1.54, 1.807) is 24.3 Å². The van der Waals surface area contributed by atoms with Crippen LogP contribution in [0.5, 0.6) is 11.5 Å². The molecular formula is C15H16ClNO3. The lowest BCUT2D eigenvalue weighted by atomic mass is 10.3. The van der Waals surface area contributed by atoms with E-state index in [9.17, 15) is 5.11 Å². The van der Waals surface area contributed by atoms with Gasteiger partial charge in [0, 0.05) is 17.3 Å². The molecule has 0 aliphatic carbocycles. The van der Waals surface area contributed by atoms with Crippen LogP contribution in [-0.2, 0) is 0 Å². The summed E-state index contributed by atoms with van der Waals surface area (Å²) in [4.78, 5) is 0. The number of benzene rings is 2. The zero-order chi connectivity index (χ0) is 14.4. The minimum atomic E-state index is -0.764. The Morgan fingerprint density at radius 2 is 1.55 bits per heavy atom. The molecule has 2 aromatic rings. The first-order chi connectivity index (χ1) is 9.67. The van der Waals surface area contributed by atoms with Gasteiger partial charge in [0.1, 0.15) is 11.5 Å². The summed E-state index contributed by atoms with van der Waals surface area (Å²) in [6.07, 6.45) is -0.764. The molecule has 0 spiro atoms. The molecule has 0 heterocycles. The number of hydrogen-bond acceptors (Lipinski definition) is 4. The largest absolute Gasteiger partial charge is 0.457 e. The van der Waals surface area contributed by atoms with Gasteiger partial charge < -0.3 is 20.3 Å². The van der Waals surface area contributed by atoms with Crippen molar-refractivity contribution in [3.63, 3.8) is 0 Å². The lowest BCUT2D eigenvalue weighted by Gasteiger charge is -2.11. The van der Waals surface area contributed by atoms with Gasteiger partial charge >= 0.3 is 0 Å². The van der Waals surface area contributed by atoms with Crippen LogP contribution in [-0.4, -0.2) is 29.5 Å². The van der Waals surface area contributed by atoms with Crippen molar-refractivity contribution >= 4 is 17.3 Å². The van der Waals surface area contributed by atoms with E-state index in [-0.39, 0.29) is 6.61 Å². The normalized spacial score (nSPS) is 11.9. The molecule has 0 radical (unpaired) electrons. The second-order valence-electron chi connectivity index (χ2n) is 4.30. The summed E-state index contributed by atoms with van der Waals surface area (Å²) in [7, 11) is 0. The number of halogens is 1. The van der Waals surface area contributed by atoms with Crippen LogP contribution in [0.4, 0.5) is 5.69 Å². The molecule has 0 saturated heterocycles. The molecule has 0 aliphatic rings. The van der Waals surface area contributed by atoms with Gasteiger partial charge in [-0.05, 0) is 48.5 Å². The summed E-state index contributed by atoms with van der Waals surface area (Å²) >= 11 is 5.81. The van der Waals surface area contributed by atoms with Crippen LogP contribution in [0.15, 0.2) is 48.5 Å². The summed E-state index contributed by atoms with van der Waals surface area (Å²) in [6, 6.07) is 14.5. The molecule has 3 N–H and O–H groups in total. The molecule has 1 atom stereocenters. The molecule has 0 bridgehead atoms. The van der Waals surface area contributed by atoms with Crippen molar-refractivity contribution in [3.05, 3.63) is 53.6 Å². The fourth-order valence-electron chi connectivity index (χ4n) is 1.58. The lowest BCUT2D eigenvalue weighted by Crippen LogP contribution is -2.22. The molecule has 4 nitrogen and oxygen atoms in total. The highest BCUT2D eigenvalue weighted by Gasteiger charge is 2.02. The Morgan fingerprint density at radius 1 is 1.00 bits per heavy atom. The van der Waals surface area contributed by atoms with Crippen LogP contribution >= 0.6 is 11.6 Å². The third kappa shape index (κ3) is 4.42. The summed E-state index contributed by atoms with van der Waals surface area (Å²) in [5, 5.41) is 21.6. The molecule has 0 aromatic heterocycles. The van der Waals surface area contributed by atoms with E-state index < -0.39 is 6.10 Å². The number of aliphatic hydroxyl groups excluding tert-OH is 2. The van der Waals surface area contributed by atoms with E-state index in [4.69, 9.17) is 21.4 Å². The van der Waals surface area contributed by atoms with Gasteiger partial charge in [-0.2, -0.15) is 0 Å². The van der Waals surface area contributed by atoms with E-state index in [0.29, 0.717) is 23.1 Å². The van der Waals surface area contributed by atoms with E-state index in [1.807, 2.05) is 24.3 Å². The Morgan fingerprint density at radius 3 is 2.10 bits per heavy atom. The number of ether oxygens (including phenoxy) is 1. The smallest absolute Gasteiger partial charge is 0.127 e. The van der Waals surface area contributed by atoms with Gasteiger partial charge in [0.25, 0.3) is 0 Å². The molecule has 2 rings (SSSR count). The van der Waals surface area contributed by atoms with Gasteiger partial charge in [-0.15, -0.1) is 0 Å². The Bertz CT molecular complexity index is 528. The minimum absolute atomic E-state index is 0.259. The number of anilines is 1. The molecular weight excluding hydrogens is 278 g/mol. The predicted molar refractivity (Wildman–Crippen MR) is 79.6 cm³/mol. The zero-order valence-corrected chi connectivity index (χ0v) is 11.5. The van der Waals surface area contributed by atoms with Crippen LogP contribution in [0.25, 0.3) is 0 Å². The second kappa shape index (κ2) is 7.14. The van der Waals surface area contributed by atoms with Crippen molar-refractivity contribution in [1.29, 1.82) is 0 Å². The Hall–Kier alpha value is -1.75. The number of nitrogens with one attached hydrogen (secondary N) is 1. The van der Waals surface area contributed by atoms with Crippen molar-refractivity contribution in [2.75, 3.05) is 18.5 Å². The molecule has 2 aromatic carbocycles. The van der Waals surface area contributed by atoms with Crippen LogP contribution in [0, 0.1) is 0 Å². The lowest BCUT2D eigenvalue weighted by molar-refractivity contribution is 0.105. The summed E-state index contributed by atoms with van der Waals surface area (Å²) < 4.78 is 5.66.